The van der Waals surface area contributed by atoms with Gasteiger partial charge in [-0.15, -0.1) is 0 Å². The normalized spacial score (nSPS) is 25.2. The van der Waals surface area contributed by atoms with E-state index in [0.717, 1.165) is 28.5 Å². The van der Waals surface area contributed by atoms with Crippen LogP contribution in [0.15, 0.2) is 42.6 Å². The first kappa shape index (κ1) is 57.7. The number of ether oxygens (including phenoxy) is 4. The Balaban J connectivity index is 2.89. The Hall–Kier alpha value is -6.42. The van der Waals surface area contributed by atoms with E-state index in [1.165, 1.54) is 55.9 Å². The van der Waals surface area contributed by atoms with Gasteiger partial charge in [-0.3, -0.25) is 33.6 Å². The van der Waals surface area contributed by atoms with Gasteiger partial charge in [0.25, 0.3) is 11.8 Å². The van der Waals surface area contributed by atoms with Gasteiger partial charge in [0.1, 0.15) is 36.0 Å². The van der Waals surface area contributed by atoms with E-state index in [1.54, 1.807) is 58.0 Å². The molecule has 0 saturated carbocycles. The number of esters is 3. The van der Waals surface area contributed by atoms with Gasteiger partial charge >= 0.3 is 17.9 Å². The third kappa shape index (κ3) is 15.3. The molecule has 0 aromatic heterocycles. The molecule has 1 aromatic carbocycles. The van der Waals surface area contributed by atoms with Crippen LogP contribution < -0.4 is 21.3 Å². The van der Waals surface area contributed by atoms with Gasteiger partial charge in [-0.2, -0.15) is 0 Å². The molecule has 5 N–H and O–H groups in total. The number of hydrogen-bond donors (Lipinski definition) is 5. The number of nitrogens with zero attached hydrogens (tertiary/aromatic N) is 3. The minimum absolute atomic E-state index is 0.231. The number of nitrogens with one attached hydrogen (secondary N) is 4. The molecule has 1 aromatic rings. The quantitative estimate of drug-likeness (QED) is 0.0989. The van der Waals surface area contributed by atoms with Crippen LogP contribution in [-0.2, 0) is 73.3 Å². The van der Waals surface area contributed by atoms with Crippen molar-refractivity contribution in [2.75, 3.05) is 28.3 Å². The first-order valence-corrected chi connectivity index (χ1v) is 22.1. The molecular formula is C46H69N7O15. The van der Waals surface area contributed by atoms with Crippen molar-refractivity contribution < 1.29 is 72.0 Å². The lowest BCUT2D eigenvalue weighted by atomic mass is 9.95. The standard InChI is InChI=1S/C46H69N7O15/c1-22(2)37(56)34(49-30(11)55)45(63)68-38(23(3)4)35-43(61)53(14)36(28(9)65-15)46(64)66-27(8)33(48-29(10)54)44(62)67-32(21-31-19-17-16-18-20-31)42(60)52(13)25(6)39(57)47-24(5)41(59)51(12)26(7)40(58)50-35/h16-20,22-24,26-28,32-38,56H,6,21H2,1-5,7-15H3,(H,47,57)(H,48,54)(H,49,55)(H,50,58)/t24-,26-,27+,28+,32-,33+,34-,35-,36-,37-,38+/m0/s1. The molecule has 1 heterocycles. The second kappa shape index (κ2) is 25.6. The molecule has 378 valence electrons. The summed E-state index contributed by atoms with van der Waals surface area (Å²) in [6.07, 6.45) is -7.68. The van der Waals surface area contributed by atoms with Gasteiger partial charge in [0.2, 0.25) is 29.5 Å². The van der Waals surface area contributed by atoms with Crippen molar-refractivity contribution >= 4 is 59.3 Å². The lowest BCUT2D eigenvalue weighted by molar-refractivity contribution is -0.174. The number of likely N-dealkylation sites (N-methyl/N-ethyl adjacent to an activating group) is 3. The Morgan fingerprint density at radius 3 is 1.91 bits per heavy atom. The third-order valence-electron chi connectivity index (χ3n) is 11.5. The molecule has 22 nitrogen and oxygen atoms in total. The number of carbonyl (C=O) groups excluding carboxylic acids is 10. The molecule has 0 bridgehead atoms. The molecular weight excluding hydrogens is 891 g/mol. The van der Waals surface area contributed by atoms with E-state index < -0.39 is 144 Å². The first-order chi connectivity index (χ1) is 31.6. The van der Waals surface area contributed by atoms with Crippen molar-refractivity contribution in [3.63, 3.8) is 0 Å². The fraction of sp³-hybridized carbons (Fsp3) is 0.609. The summed E-state index contributed by atoms with van der Waals surface area (Å²) < 4.78 is 22.9. The average molecular weight is 960 g/mol. The number of methoxy groups -OCH3 is 1. The number of rotatable bonds is 12. The summed E-state index contributed by atoms with van der Waals surface area (Å²) in [5, 5.41) is 20.7. The van der Waals surface area contributed by atoms with Gasteiger partial charge < -0.3 is 60.0 Å². The Morgan fingerprint density at radius 1 is 0.809 bits per heavy atom. The Bertz CT molecular complexity index is 2030. The summed E-state index contributed by atoms with van der Waals surface area (Å²) in [5.74, 6) is -11.2. The first-order valence-electron chi connectivity index (χ1n) is 22.1. The number of aliphatic hydroxyl groups excluding tert-OH is 1. The SMILES string of the molecule is C=C1C(=O)N[C@@H](C)C(=O)N(C)[C@@H](C)C(=O)N[C@@H]([C@H](OC(=O)[C@@H](NC(C)=O)[C@@H](O)C(C)C)C(C)C)C(=O)N(C)[C@@H]([C@@H](C)OC)C(=O)O[C@H](C)[C@@H](NC(C)=O)C(=O)O[C@@H](Cc2ccccc2)C(=O)N1C. The van der Waals surface area contributed by atoms with Gasteiger partial charge in [0.15, 0.2) is 24.2 Å². The van der Waals surface area contributed by atoms with Crippen molar-refractivity contribution in [2.45, 2.75) is 142 Å². The van der Waals surface area contributed by atoms with Gasteiger partial charge in [-0.1, -0.05) is 64.6 Å². The molecule has 2 rings (SSSR count). The third-order valence-corrected chi connectivity index (χ3v) is 11.5. The van der Waals surface area contributed by atoms with Crippen LogP contribution in [0, 0.1) is 11.8 Å². The van der Waals surface area contributed by atoms with Crippen LogP contribution in [-0.4, -0.2) is 174 Å². The van der Waals surface area contributed by atoms with Crippen LogP contribution >= 0.6 is 0 Å². The molecule has 1 aliphatic rings. The Labute approximate surface area is 397 Å². The van der Waals surface area contributed by atoms with Crippen LogP contribution in [0.2, 0.25) is 0 Å². The summed E-state index contributed by atoms with van der Waals surface area (Å²) in [6, 6.07) is -1.31. The molecule has 1 aliphatic heterocycles. The van der Waals surface area contributed by atoms with Crippen molar-refractivity contribution in [2.24, 2.45) is 11.8 Å². The largest absolute Gasteiger partial charge is 0.458 e. The van der Waals surface area contributed by atoms with Crippen LogP contribution in [0.1, 0.15) is 74.8 Å². The monoisotopic (exact) mass is 959 g/mol. The summed E-state index contributed by atoms with van der Waals surface area (Å²) in [5.41, 5.74) is 0.0526. The van der Waals surface area contributed by atoms with Crippen LogP contribution in [0.3, 0.4) is 0 Å². The fourth-order valence-electron chi connectivity index (χ4n) is 7.04. The van der Waals surface area contributed by atoms with E-state index in [2.05, 4.69) is 27.8 Å². The number of carbonyl (C=O) groups is 10. The summed E-state index contributed by atoms with van der Waals surface area (Å²) in [7, 11) is 4.83. The maximum Gasteiger partial charge on any atom is 0.333 e. The molecule has 0 aliphatic carbocycles. The summed E-state index contributed by atoms with van der Waals surface area (Å²) in [6.45, 7) is 17.5. The van der Waals surface area contributed by atoms with Crippen LogP contribution in [0.25, 0.3) is 0 Å². The molecule has 0 radical (unpaired) electrons. The summed E-state index contributed by atoms with van der Waals surface area (Å²) in [4.78, 5) is 140. The molecule has 1 saturated heterocycles. The van der Waals surface area contributed by atoms with E-state index in [0.29, 0.717) is 5.56 Å². The summed E-state index contributed by atoms with van der Waals surface area (Å²) >= 11 is 0. The number of benzene rings is 1. The van der Waals surface area contributed by atoms with Gasteiger partial charge in [-0.25, -0.2) is 14.4 Å². The van der Waals surface area contributed by atoms with E-state index in [9.17, 15) is 53.1 Å². The highest BCUT2D eigenvalue weighted by Gasteiger charge is 2.46. The molecule has 0 unspecified atom stereocenters. The van der Waals surface area contributed by atoms with Gasteiger partial charge in [0.05, 0.1) is 12.2 Å². The molecule has 1 fully saturated rings. The van der Waals surface area contributed by atoms with E-state index >= 15 is 0 Å². The minimum Gasteiger partial charge on any atom is -0.458 e. The lowest BCUT2D eigenvalue weighted by Gasteiger charge is -2.38. The smallest absolute Gasteiger partial charge is 0.333 e. The van der Waals surface area contributed by atoms with Crippen LogP contribution in [0.5, 0.6) is 0 Å². The Morgan fingerprint density at radius 2 is 1.40 bits per heavy atom. The van der Waals surface area contributed by atoms with Crippen molar-refractivity contribution in [3.05, 3.63) is 48.2 Å². The predicted molar refractivity (Wildman–Crippen MR) is 243 cm³/mol. The van der Waals surface area contributed by atoms with Crippen molar-refractivity contribution in [3.8, 4) is 0 Å². The highest BCUT2D eigenvalue weighted by molar-refractivity contribution is 6.01. The topological polar surface area (TPSA) is 286 Å². The zero-order chi connectivity index (χ0) is 52.1. The lowest BCUT2D eigenvalue weighted by Crippen LogP contribution is -2.63. The average Bonchev–Trinajstić information content (AvgIpc) is 3.27. The number of cyclic esters (lactones) is 2. The number of amides is 7. The van der Waals surface area contributed by atoms with Gasteiger partial charge in [0, 0.05) is 48.5 Å². The maximum absolute atomic E-state index is 14.9. The molecule has 22 heteroatoms. The highest BCUT2D eigenvalue weighted by Crippen LogP contribution is 2.22. The zero-order valence-corrected chi connectivity index (χ0v) is 41.3. The highest BCUT2D eigenvalue weighted by atomic mass is 16.6. The second-order valence-corrected chi connectivity index (χ2v) is 17.5. The van der Waals surface area contributed by atoms with E-state index in [1.807, 2.05) is 0 Å². The van der Waals surface area contributed by atoms with Crippen molar-refractivity contribution in [1.29, 1.82) is 0 Å². The van der Waals surface area contributed by atoms with E-state index in [-0.39, 0.29) is 6.42 Å². The fourth-order valence-corrected chi connectivity index (χ4v) is 7.04. The molecule has 68 heavy (non-hydrogen) atoms. The van der Waals surface area contributed by atoms with Crippen molar-refractivity contribution in [1.82, 2.24) is 36.0 Å². The molecule has 0 spiro atoms. The number of hydrogen-bond acceptors (Lipinski definition) is 15. The maximum atomic E-state index is 14.9. The molecule has 11 atom stereocenters. The minimum atomic E-state index is -1.86. The molecule has 7 amide bonds. The van der Waals surface area contributed by atoms with Crippen LogP contribution in [0.4, 0.5) is 0 Å². The van der Waals surface area contributed by atoms with Gasteiger partial charge in [-0.05, 0) is 45.1 Å². The van der Waals surface area contributed by atoms with E-state index in [4.69, 9.17) is 18.9 Å². The zero-order valence-electron chi connectivity index (χ0n) is 41.3. The Kier molecular flexibility index (Phi) is 21.8. The second-order valence-electron chi connectivity index (χ2n) is 17.5. The number of aliphatic hydroxyl groups is 1. The predicted octanol–water partition coefficient (Wildman–Crippen LogP) is -0.649.